The highest BCUT2D eigenvalue weighted by Crippen LogP contribution is 2.37. The van der Waals surface area contributed by atoms with Gasteiger partial charge in [-0.05, 0) is 23.3 Å². The lowest BCUT2D eigenvalue weighted by Crippen LogP contribution is -2.30. The molecule has 0 fully saturated rings. The molecule has 0 heterocycles. The van der Waals surface area contributed by atoms with E-state index in [0.29, 0.717) is 6.42 Å². The van der Waals surface area contributed by atoms with Gasteiger partial charge in [0.05, 0.1) is 22.0 Å². The average Bonchev–Trinajstić information content (AvgIpc) is 2.98. The van der Waals surface area contributed by atoms with Crippen molar-refractivity contribution in [3.8, 4) is 0 Å². The molecule has 0 amide bonds. The number of aliphatic hydroxyl groups is 1. The van der Waals surface area contributed by atoms with E-state index in [1.54, 1.807) is 13.8 Å². The van der Waals surface area contributed by atoms with Crippen molar-refractivity contribution in [3.63, 3.8) is 0 Å². The van der Waals surface area contributed by atoms with Gasteiger partial charge in [0.2, 0.25) is 10.0 Å². The molecule has 28 heavy (non-hydrogen) atoms. The topological polar surface area (TPSA) is 113 Å². The summed E-state index contributed by atoms with van der Waals surface area (Å²) < 4.78 is 26.6. The summed E-state index contributed by atoms with van der Waals surface area (Å²) in [6, 6.07) is 10.8. The minimum atomic E-state index is -3.81. The van der Waals surface area contributed by atoms with Gasteiger partial charge in [0.1, 0.15) is 5.69 Å². The number of hydrogen-bond acceptors (Lipinski definition) is 6. The van der Waals surface area contributed by atoms with Crippen LogP contribution in [-0.2, 0) is 16.4 Å². The van der Waals surface area contributed by atoms with Crippen molar-refractivity contribution < 1.29 is 18.4 Å². The van der Waals surface area contributed by atoms with Crippen LogP contribution in [0.1, 0.15) is 31.0 Å². The number of nitro groups is 1. The molecule has 0 bridgehead atoms. The Hall–Kier alpha value is -2.49. The molecule has 2 aromatic carbocycles. The zero-order valence-electron chi connectivity index (χ0n) is 15.7. The summed E-state index contributed by atoms with van der Waals surface area (Å²) in [5.41, 5.74) is 1.69. The third-order valence-electron chi connectivity index (χ3n) is 5.02. The van der Waals surface area contributed by atoms with Crippen LogP contribution in [0.4, 0.5) is 11.4 Å². The summed E-state index contributed by atoms with van der Waals surface area (Å²) in [7, 11) is -3.81. The van der Waals surface area contributed by atoms with Crippen molar-refractivity contribution in [2.75, 3.05) is 18.4 Å². The van der Waals surface area contributed by atoms with E-state index < -0.39 is 27.1 Å². The number of fused-ring (bicyclic) bond motifs is 1. The first-order valence-electron chi connectivity index (χ1n) is 9.10. The van der Waals surface area contributed by atoms with Gasteiger partial charge in [0, 0.05) is 25.6 Å². The van der Waals surface area contributed by atoms with Crippen LogP contribution < -0.4 is 5.32 Å². The second-order valence-electron chi connectivity index (χ2n) is 6.62. The molecule has 150 valence electrons. The van der Waals surface area contributed by atoms with Crippen LogP contribution in [-0.4, -0.2) is 41.9 Å². The Labute approximate surface area is 164 Å². The largest absolute Gasteiger partial charge is 0.390 e. The molecule has 1 aliphatic rings. The lowest BCUT2D eigenvalue weighted by molar-refractivity contribution is -0.384. The summed E-state index contributed by atoms with van der Waals surface area (Å²) in [6.45, 7) is 3.98. The fourth-order valence-corrected chi connectivity index (χ4v) is 5.05. The predicted molar refractivity (Wildman–Crippen MR) is 106 cm³/mol. The van der Waals surface area contributed by atoms with E-state index >= 15 is 0 Å². The molecule has 0 aromatic heterocycles. The Morgan fingerprint density at radius 2 is 1.89 bits per heavy atom. The smallest absolute Gasteiger partial charge is 0.293 e. The molecule has 0 saturated heterocycles. The molecule has 3 rings (SSSR count). The average molecular weight is 405 g/mol. The zero-order chi connectivity index (χ0) is 20.5. The van der Waals surface area contributed by atoms with Gasteiger partial charge in [-0.15, -0.1) is 0 Å². The second-order valence-corrected chi connectivity index (χ2v) is 8.56. The molecule has 0 aliphatic heterocycles. The van der Waals surface area contributed by atoms with Gasteiger partial charge in [-0.25, -0.2) is 8.42 Å². The monoisotopic (exact) mass is 405 g/mol. The van der Waals surface area contributed by atoms with Crippen molar-refractivity contribution in [2.24, 2.45) is 0 Å². The quantitative estimate of drug-likeness (QED) is 0.541. The lowest BCUT2D eigenvalue weighted by Gasteiger charge is -2.21. The van der Waals surface area contributed by atoms with Crippen molar-refractivity contribution in [1.29, 1.82) is 0 Å². The molecule has 0 spiro atoms. The lowest BCUT2D eigenvalue weighted by atomic mass is 10.1. The molecule has 9 heteroatoms. The highest BCUT2D eigenvalue weighted by Gasteiger charge is 2.33. The van der Waals surface area contributed by atoms with Gasteiger partial charge in [-0.1, -0.05) is 38.1 Å². The van der Waals surface area contributed by atoms with Crippen molar-refractivity contribution >= 4 is 21.4 Å². The van der Waals surface area contributed by atoms with Gasteiger partial charge in [0.15, 0.2) is 0 Å². The molecule has 0 unspecified atom stereocenters. The number of nitrogens with zero attached hydrogens (tertiary/aromatic N) is 2. The van der Waals surface area contributed by atoms with E-state index in [1.165, 1.54) is 16.4 Å². The molecule has 1 aliphatic carbocycles. The first kappa shape index (κ1) is 20.2. The van der Waals surface area contributed by atoms with Crippen molar-refractivity contribution in [2.45, 2.75) is 37.3 Å². The molecular formula is C19H23N3O5S. The summed E-state index contributed by atoms with van der Waals surface area (Å²) in [5.74, 6) is 0. The minimum Gasteiger partial charge on any atom is -0.390 e. The van der Waals surface area contributed by atoms with E-state index in [-0.39, 0.29) is 29.4 Å². The fourth-order valence-electron chi connectivity index (χ4n) is 3.57. The standard InChI is InChI=1S/C19H23N3O5S/c1-3-21(4-2)28(26,27)14-9-10-16(17(12-14)22(24)25)20-19-15-8-6-5-7-13(15)11-18(19)23/h5-10,12,18-20,23H,3-4,11H2,1-2H3/t18-,19+/m0/s1. The summed E-state index contributed by atoms with van der Waals surface area (Å²) in [6.07, 6.45) is -0.271. The Kier molecular flexibility index (Phi) is 5.69. The molecular weight excluding hydrogens is 382 g/mol. The minimum absolute atomic E-state index is 0.124. The van der Waals surface area contributed by atoms with Crippen LogP contribution in [0.5, 0.6) is 0 Å². The van der Waals surface area contributed by atoms with E-state index in [4.69, 9.17) is 0 Å². The number of hydrogen-bond donors (Lipinski definition) is 2. The summed E-state index contributed by atoms with van der Waals surface area (Å²) >= 11 is 0. The van der Waals surface area contributed by atoms with Crippen molar-refractivity contribution in [3.05, 3.63) is 63.7 Å². The number of aliphatic hydroxyl groups excluding tert-OH is 1. The maximum absolute atomic E-state index is 12.7. The number of anilines is 1. The van der Waals surface area contributed by atoms with Crippen LogP contribution in [0.3, 0.4) is 0 Å². The third kappa shape index (κ3) is 3.60. The highest BCUT2D eigenvalue weighted by atomic mass is 32.2. The van der Waals surface area contributed by atoms with Gasteiger partial charge >= 0.3 is 0 Å². The molecule has 2 atom stereocenters. The van der Waals surface area contributed by atoms with Crippen LogP contribution >= 0.6 is 0 Å². The van der Waals surface area contributed by atoms with Crippen molar-refractivity contribution in [1.82, 2.24) is 4.31 Å². The summed E-state index contributed by atoms with van der Waals surface area (Å²) in [5, 5.41) is 25.0. The maximum Gasteiger partial charge on any atom is 0.293 e. The van der Waals surface area contributed by atoms with Crippen LogP contribution in [0.15, 0.2) is 47.4 Å². The molecule has 2 aromatic rings. The van der Waals surface area contributed by atoms with E-state index in [1.807, 2.05) is 24.3 Å². The Morgan fingerprint density at radius 3 is 2.54 bits per heavy atom. The zero-order valence-corrected chi connectivity index (χ0v) is 16.5. The van der Waals surface area contributed by atoms with Crippen LogP contribution in [0.2, 0.25) is 0 Å². The maximum atomic E-state index is 12.7. The number of nitrogens with one attached hydrogen (secondary N) is 1. The molecule has 0 radical (unpaired) electrons. The van der Waals surface area contributed by atoms with Gasteiger partial charge in [-0.3, -0.25) is 10.1 Å². The van der Waals surface area contributed by atoms with Gasteiger partial charge in [-0.2, -0.15) is 4.31 Å². The number of rotatable bonds is 7. The Bertz CT molecular complexity index is 989. The molecule has 8 nitrogen and oxygen atoms in total. The Balaban J connectivity index is 1.98. The fraction of sp³-hybridized carbons (Fsp3) is 0.368. The number of benzene rings is 2. The summed E-state index contributed by atoms with van der Waals surface area (Å²) in [4.78, 5) is 10.9. The molecule has 2 N–H and O–H groups in total. The number of sulfonamides is 1. The second kappa shape index (κ2) is 7.86. The van der Waals surface area contributed by atoms with E-state index in [9.17, 15) is 23.6 Å². The first-order chi connectivity index (χ1) is 13.3. The van der Waals surface area contributed by atoms with Crippen LogP contribution in [0, 0.1) is 10.1 Å². The van der Waals surface area contributed by atoms with Gasteiger partial charge in [0.25, 0.3) is 5.69 Å². The normalized spacial score (nSPS) is 18.9. The first-order valence-corrected chi connectivity index (χ1v) is 10.5. The predicted octanol–water partition coefficient (Wildman–Crippen LogP) is 2.70. The Morgan fingerprint density at radius 1 is 1.21 bits per heavy atom. The van der Waals surface area contributed by atoms with Crippen LogP contribution in [0.25, 0.3) is 0 Å². The third-order valence-corrected chi connectivity index (χ3v) is 7.07. The molecule has 0 saturated carbocycles. The van der Waals surface area contributed by atoms with E-state index in [2.05, 4.69) is 5.32 Å². The van der Waals surface area contributed by atoms with E-state index in [0.717, 1.165) is 17.2 Å². The number of nitro benzene ring substituents is 1. The van der Waals surface area contributed by atoms with Gasteiger partial charge < -0.3 is 10.4 Å². The highest BCUT2D eigenvalue weighted by molar-refractivity contribution is 7.89. The SMILES string of the molecule is CCN(CC)S(=O)(=O)c1ccc(N[C@@H]2c3ccccc3C[C@@H]2O)c([N+](=O)[O-])c1.